The predicted octanol–water partition coefficient (Wildman–Crippen LogP) is 4.12. The lowest BCUT2D eigenvalue weighted by atomic mass is 9.97. The van der Waals surface area contributed by atoms with E-state index in [2.05, 4.69) is 0 Å². The fourth-order valence-corrected chi connectivity index (χ4v) is 2.28. The summed E-state index contributed by atoms with van der Waals surface area (Å²) in [5.41, 5.74) is 2.31. The summed E-state index contributed by atoms with van der Waals surface area (Å²) in [6.45, 7) is 0. The molecule has 0 bridgehead atoms. The highest BCUT2D eigenvalue weighted by atomic mass is 35.5. The summed E-state index contributed by atoms with van der Waals surface area (Å²) >= 11 is 5.93. The lowest BCUT2D eigenvalue weighted by molar-refractivity contribution is -0.131. The average Bonchev–Trinajstić information content (AvgIpc) is 2.52. The number of hydrogen-bond acceptors (Lipinski definition) is 3. The van der Waals surface area contributed by atoms with Crippen LogP contribution in [0.5, 0.6) is 11.5 Å². The van der Waals surface area contributed by atoms with Crippen LogP contribution in [0.2, 0.25) is 5.02 Å². The molecule has 1 N–H and O–H groups in total. The number of aliphatic carboxylic acids is 1. The molecule has 114 valence electrons. The smallest absolute Gasteiger partial charge is 0.328 e. The van der Waals surface area contributed by atoms with E-state index in [0.717, 1.165) is 17.2 Å². The van der Waals surface area contributed by atoms with Crippen molar-refractivity contribution in [2.75, 3.05) is 14.2 Å². The first kappa shape index (κ1) is 15.9. The number of methoxy groups -OCH3 is 2. The maximum atomic E-state index is 10.8. The van der Waals surface area contributed by atoms with Gasteiger partial charge in [-0.25, -0.2) is 4.79 Å². The van der Waals surface area contributed by atoms with Crippen molar-refractivity contribution < 1.29 is 19.4 Å². The van der Waals surface area contributed by atoms with Crippen LogP contribution in [-0.2, 0) is 4.79 Å². The van der Waals surface area contributed by atoms with Crippen molar-refractivity contribution in [2.24, 2.45) is 0 Å². The zero-order valence-corrected chi connectivity index (χ0v) is 12.9. The van der Waals surface area contributed by atoms with Crippen LogP contribution in [0.4, 0.5) is 0 Å². The molecule has 2 aromatic carbocycles. The topological polar surface area (TPSA) is 55.8 Å². The van der Waals surface area contributed by atoms with Crippen LogP contribution in [0.25, 0.3) is 17.2 Å². The number of carboxylic acid groups (broad SMARTS) is 1. The molecule has 0 fully saturated rings. The quantitative estimate of drug-likeness (QED) is 0.842. The molecule has 0 spiro atoms. The van der Waals surface area contributed by atoms with Crippen molar-refractivity contribution in [1.29, 1.82) is 0 Å². The van der Waals surface area contributed by atoms with E-state index in [0.29, 0.717) is 22.1 Å². The third-order valence-electron chi connectivity index (χ3n) is 3.12. The summed E-state index contributed by atoms with van der Waals surface area (Å²) in [5, 5.41) is 9.46. The first-order valence-corrected chi connectivity index (χ1v) is 6.86. The largest absolute Gasteiger partial charge is 0.493 e. The van der Waals surface area contributed by atoms with Crippen molar-refractivity contribution >= 4 is 23.6 Å². The van der Waals surface area contributed by atoms with Gasteiger partial charge in [-0.2, -0.15) is 0 Å². The van der Waals surface area contributed by atoms with Crippen LogP contribution in [0.15, 0.2) is 42.5 Å². The van der Waals surface area contributed by atoms with E-state index in [4.69, 9.17) is 26.2 Å². The Morgan fingerprint density at radius 3 is 2.32 bits per heavy atom. The Hall–Kier alpha value is -2.46. The minimum atomic E-state index is -1.02. The molecule has 2 aromatic rings. The van der Waals surface area contributed by atoms with Crippen LogP contribution in [0.1, 0.15) is 5.56 Å². The number of hydrogen-bond donors (Lipinski definition) is 1. The molecule has 0 saturated carbocycles. The Bertz CT molecular complexity index is 705. The minimum Gasteiger partial charge on any atom is -0.493 e. The Morgan fingerprint density at radius 2 is 1.77 bits per heavy atom. The third-order valence-corrected chi connectivity index (χ3v) is 3.37. The third kappa shape index (κ3) is 3.40. The second kappa shape index (κ2) is 7.00. The average molecular weight is 319 g/mol. The summed E-state index contributed by atoms with van der Waals surface area (Å²) in [6.07, 6.45) is 2.61. The normalized spacial score (nSPS) is 10.7. The van der Waals surface area contributed by atoms with E-state index in [1.165, 1.54) is 6.08 Å². The van der Waals surface area contributed by atoms with Gasteiger partial charge in [-0.15, -0.1) is 0 Å². The molecule has 0 amide bonds. The lowest BCUT2D eigenvalue weighted by Crippen LogP contribution is -1.96. The first-order valence-electron chi connectivity index (χ1n) is 6.48. The molecular formula is C17H15ClO4. The van der Waals surface area contributed by atoms with Gasteiger partial charge in [0.15, 0.2) is 11.5 Å². The Morgan fingerprint density at radius 1 is 1.09 bits per heavy atom. The fourth-order valence-electron chi connectivity index (χ4n) is 2.16. The van der Waals surface area contributed by atoms with Crippen molar-refractivity contribution in [2.45, 2.75) is 0 Å². The summed E-state index contributed by atoms with van der Waals surface area (Å²) in [6, 6.07) is 10.7. The molecule has 0 radical (unpaired) electrons. The highest BCUT2D eigenvalue weighted by molar-refractivity contribution is 6.30. The van der Waals surface area contributed by atoms with Gasteiger partial charge in [-0.05, 0) is 35.4 Å². The molecule has 0 heterocycles. The van der Waals surface area contributed by atoms with Gasteiger partial charge >= 0.3 is 5.97 Å². The maximum absolute atomic E-state index is 10.8. The Labute approximate surface area is 133 Å². The van der Waals surface area contributed by atoms with E-state index >= 15 is 0 Å². The minimum absolute atomic E-state index is 0.539. The number of carbonyl (C=O) groups is 1. The van der Waals surface area contributed by atoms with Crippen molar-refractivity contribution in [3.05, 3.63) is 53.1 Å². The fraction of sp³-hybridized carbons (Fsp3) is 0.118. The maximum Gasteiger partial charge on any atom is 0.328 e. The van der Waals surface area contributed by atoms with Crippen molar-refractivity contribution in [1.82, 2.24) is 0 Å². The van der Waals surface area contributed by atoms with Crippen LogP contribution in [-0.4, -0.2) is 25.3 Å². The first-order chi connectivity index (χ1) is 10.6. The highest BCUT2D eigenvalue weighted by Gasteiger charge is 2.15. The molecule has 4 nitrogen and oxygen atoms in total. The summed E-state index contributed by atoms with van der Waals surface area (Å²) in [7, 11) is 3.10. The molecule has 22 heavy (non-hydrogen) atoms. The van der Waals surface area contributed by atoms with E-state index in [1.807, 2.05) is 12.1 Å². The van der Waals surface area contributed by atoms with Gasteiger partial charge in [0, 0.05) is 16.7 Å². The molecule has 0 aliphatic carbocycles. The Kier molecular flexibility index (Phi) is 5.07. The molecule has 2 rings (SSSR count). The summed E-state index contributed by atoms with van der Waals surface area (Å²) in [5.74, 6) is 0.0918. The lowest BCUT2D eigenvalue weighted by Gasteiger charge is -2.15. The van der Waals surface area contributed by atoms with Crippen LogP contribution >= 0.6 is 11.6 Å². The molecule has 0 unspecified atom stereocenters. The van der Waals surface area contributed by atoms with Gasteiger partial charge in [0.05, 0.1) is 14.2 Å². The highest BCUT2D eigenvalue weighted by Crippen LogP contribution is 2.41. The number of ether oxygens (including phenoxy) is 2. The van der Waals surface area contributed by atoms with Crippen LogP contribution in [0.3, 0.4) is 0 Å². The van der Waals surface area contributed by atoms with Crippen LogP contribution < -0.4 is 9.47 Å². The second-order valence-electron chi connectivity index (χ2n) is 4.44. The van der Waals surface area contributed by atoms with E-state index in [-0.39, 0.29) is 0 Å². The second-order valence-corrected chi connectivity index (χ2v) is 4.88. The predicted molar refractivity (Wildman–Crippen MR) is 86.7 cm³/mol. The SMILES string of the molecule is COc1ccc(C=CC(=O)O)c(-c2ccc(Cl)cc2)c1OC. The number of benzene rings is 2. The van der Waals surface area contributed by atoms with Crippen molar-refractivity contribution in [3.8, 4) is 22.6 Å². The van der Waals surface area contributed by atoms with Gasteiger partial charge in [0.25, 0.3) is 0 Å². The monoisotopic (exact) mass is 318 g/mol. The van der Waals surface area contributed by atoms with Crippen molar-refractivity contribution in [3.63, 3.8) is 0 Å². The molecular weight excluding hydrogens is 304 g/mol. The summed E-state index contributed by atoms with van der Waals surface area (Å²) < 4.78 is 10.8. The van der Waals surface area contributed by atoms with E-state index in [9.17, 15) is 4.79 Å². The van der Waals surface area contributed by atoms with Gasteiger partial charge in [-0.1, -0.05) is 29.8 Å². The molecule has 0 aliphatic rings. The number of carboxylic acids is 1. The van der Waals surface area contributed by atoms with Crippen LogP contribution in [0, 0.1) is 0 Å². The van der Waals surface area contributed by atoms with Gasteiger partial charge < -0.3 is 14.6 Å². The zero-order valence-electron chi connectivity index (χ0n) is 12.2. The van der Waals surface area contributed by atoms with E-state index < -0.39 is 5.97 Å². The number of halogens is 1. The standard InChI is InChI=1S/C17H15ClO4/c1-21-14-9-5-12(6-10-15(19)20)16(17(14)22-2)11-3-7-13(18)8-4-11/h3-10H,1-2H3,(H,19,20). The van der Waals surface area contributed by atoms with Gasteiger partial charge in [0.1, 0.15) is 0 Å². The Balaban J connectivity index is 2.69. The van der Waals surface area contributed by atoms with E-state index in [1.54, 1.807) is 38.5 Å². The zero-order chi connectivity index (χ0) is 16.1. The number of rotatable bonds is 5. The molecule has 0 aliphatic heterocycles. The molecule has 0 saturated heterocycles. The summed E-state index contributed by atoms with van der Waals surface area (Å²) in [4.78, 5) is 10.8. The molecule has 5 heteroatoms. The molecule has 0 atom stereocenters. The van der Waals surface area contributed by atoms with Gasteiger partial charge in [-0.3, -0.25) is 0 Å². The molecule has 0 aromatic heterocycles. The van der Waals surface area contributed by atoms with Gasteiger partial charge in [0.2, 0.25) is 0 Å².